The summed E-state index contributed by atoms with van der Waals surface area (Å²) >= 11 is 0. The van der Waals surface area contributed by atoms with E-state index in [0.29, 0.717) is 24.0 Å². The molecule has 0 saturated carbocycles. The minimum atomic E-state index is -4.35. The molecule has 0 aliphatic rings. The molecule has 2 nitrogen and oxygen atoms in total. The maximum atomic E-state index is 12.6. The topological polar surface area (TPSA) is 30.0 Å². The van der Waals surface area contributed by atoms with Crippen LogP contribution in [-0.4, -0.2) is 11.3 Å². The summed E-state index contributed by atoms with van der Waals surface area (Å²) in [5, 5.41) is 0. The largest absolute Gasteiger partial charge is 0.416 e. The zero-order valence-corrected chi connectivity index (χ0v) is 10.5. The highest BCUT2D eigenvalue weighted by Gasteiger charge is 2.30. The van der Waals surface area contributed by atoms with Crippen molar-refractivity contribution in [3.63, 3.8) is 0 Å². The molecule has 0 fully saturated rings. The lowest BCUT2D eigenvalue weighted by Crippen LogP contribution is -2.04. The van der Waals surface area contributed by atoms with Crippen molar-refractivity contribution >= 4 is 6.29 Å². The Morgan fingerprint density at radius 3 is 2.50 bits per heavy atom. The molecule has 0 atom stereocenters. The van der Waals surface area contributed by atoms with Gasteiger partial charge in [-0.3, -0.25) is 4.98 Å². The number of hydrogen-bond donors (Lipinski definition) is 0. The number of halogens is 3. The predicted octanol–water partition coefficient (Wildman–Crippen LogP) is 3.90. The van der Waals surface area contributed by atoms with E-state index in [-0.39, 0.29) is 0 Å². The highest BCUT2D eigenvalue weighted by Crippen LogP contribution is 2.31. The molecule has 0 unspecified atom stereocenters. The molecule has 1 aromatic carbocycles. The molecule has 20 heavy (non-hydrogen) atoms. The summed E-state index contributed by atoms with van der Waals surface area (Å²) in [5.74, 6) is 0. The first-order valence-electron chi connectivity index (χ1n) is 6.07. The van der Waals surface area contributed by atoms with E-state index < -0.39 is 11.7 Å². The van der Waals surface area contributed by atoms with E-state index in [1.54, 1.807) is 18.2 Å². The Hall–Kier alpha value is -2.17. The molecule has 0 aliphatic heterocycles. The maximum Gasteiger partial charge on any atom is 0.416 e. The van der Waals surface area contributed by atoms with Crippen molar-refractivity contribution in [1.29, 1.82) is 0 Å². The minimum absolute atomic E-state index is 0.385. The van der Waals surface area contributed by atoms with E-state index in [2.05, 4.69) is 4.98 Å². The number of benzene rings is 1. The normalized spacial score (nSPS) is 11.3. The maximum absolute atomic E-state index is 12.6. The number of aldehydes is 1. The fourth-order valence-corrected chi connectivity index (χ4v) is 1.83. The molecule has 0 saturated heterocycles. The van der Waals surface area contributed by atoms with Crippen LogP contribution in [0.4, 0.5) is 13.2 Å². The predicted molar refractivity (Wildman–Crippen MR) is 69.1 cm³/mol. The van der Waals surface area contributed by atoms with Crippen molar-refractivity contribution in [2.24, 2.45) is 0 Å². The highest BCUT2D eigenvalue weighted by molar-refractivity contribution is 5.63. The van der Waals surface area contributed by atoms with Crippen molar-refractivity contribution in [3.05, 3.63) is 53.9 Å². The fraction of sp³-hybridized carbons (Fsp3) is 0.200. The summed E-state index contributed by atoms with van der Waals surface area (Å²) in [7, 11) is 0. The van der Waals surface area contributed by atoms with E-state index in [1.807, 2.05) is 0 Å². The van der Waals surface area contributed by atoms with Crippen molar-refractivity contribution in [3.8, 4) is 11.1 Å². The van der Waals surface area contributed by atoms with Crippen LogP contribution < -0.4 is 0 Å². The van der Waals surface area contributed by atoms with E-state index in [1.165, 1.54) is 12.3 Å². The van der Waals surface area contributed by atoms with Gasteiger partial charge in [0.25, 0.3) is 0 Å². The molecule has 1 heterocycles. The molecule has 0 bridgehead atoms. The first kappa shape index (κ1) is 14.2. The number of aromatic nitrogens is 1. The molecule has 5 heteroatoms. The van der Waals surface area contributed by atoms with Gasteiger partial charge in [-0.1, -0.05) is 18.2 Å². The molecule has 0 N–H and O–H groups in total. The van der Waals surface area contributed by atoms with Crippen LogP contribution in [0.3, 0.4) is 0 Å². The third-order valence-electron chi connectivity index (χ3n) is 2.87. The molecule has 2 aromatic rings. The molecule has 2 rings (SSSR count). The number of hydrogen-bond acceptors (Lipinski definition) is 2. The lowest BCUT2D eigenvalue weighted by molar-refractivity contribution is -0.137. The first-order chi connectivity index (χ1) is 9.50. The van der Waals surface area contributed by atoms with E-state index >= 15 is 0 Å². The SMILES string of the molecule is O=CCCc1ccc(-c2cccc(C(F)(F)F)c2)cn1. The van der Waals surface area contributed by atoms with E-state index in [9.17, 15) is 18.0 Å². The van der Waals surface area contributed by atoms with Crippen LogP contribution in [-0.2, 0) is 17.4 Å². The Balaban J connectivity index is 2.25. The lowest BCUT2D eigenvalue weighted by atomic mass is 10.0. The zero-order valence-electron chi connectivity index (χ0n) is 10.5. The van der Waals surface area contributed by atoms with Crippen molar-refractivity contribution in [2.75, 3.05) is 0 Å². The van der Waals surface area contributed by atoms with Gasteiger partial charge in [-0.25, -0.2) is 0 Å². The van der Waals surface area contributed by atoms with Crippen LogP contribution in [0, 0.1) is 0 Å². The second kappa shape index (κ2) is 5.86. The Bertz CT molecular complexity index is 591. The average Bonchev–Trinajstić information content (AvgIpc) is 2.45. The van der Waals surface area contributed by atoms with E-state index in [4.69, 9.17) is 0 Å². The molecule has 0 radical (unpaired) electrons. The van der Waals surface area contributed by atoms with Gasteiger partial charge in [0.1, 0.15) is 6.29 Å². The third-order valence-corrected chi connectivity index (χ3v) is 2.87. The van der Waals surface area contributed by atoms with Gasteiger partial charge in [-0.05, 0) is 30.2 Å². The quantitative estimate of drug-likeness (QED) is 0.794. The van der Waals surface area contributed by atoms with Crippen LogP contribution in [0.2, 0.25) is 0 Å². The van der Waals surface area contributed by atoms with Crippen LogP contribution >= 0.6 is 0 Å². The summed E-state index contributed by atoms with van der Waals surface area (Å²) in [6.45, 7) is 0. The number of nitrogens with zero attached hydrogens (tertiary/aromatic N) is 1. The van der Waals surface area contributed by atoms with Gasteiger partial charge in [-0.15, -0.1) is 0 Å². The van der Waals surface area contributed by atoms with Gasteiger partial charge in [0.2, 0.25) is 0 Å². The van der Waals surface area contributed by atoms with Crippen LogP contribution in [0.5, 0.6) is 0 Å². The highest BCUT2D eigenvalue weighted by atomic mass is 19.4. The second-order valence-corrected chi connectivity index (χ2v) is 4.32. The lowest BCUT2D eigenvalue weighted by Gasteiger charge is -2.09. The standard InChI is InChI=1S/C15H12F3NO/c16-15(17,18)13-4-1-3-11(9-13)12-6-7-14(19-10-12)5-2-8-20/h1,3-4,6-10H,2,5H2. The Kier molecular flexibility index (Phi) is 4.17. The number of carbonyl (C=O) groups is 1. The summed E-state index contributed by atoms with van der Waals surface area (Å²) in [5.41, 5.74) is 1.15. The number of aryl methyl sites for hydroxylation is 1. The Morgan fingerprint density at radius 1 is 1.10 bits per heavy atom. The molecular weight excluding hydrogens is 267 g/mol. The van der Waals surface area contributed by atoms with Crippen LogP contribution in [0.25, 0.3) is 11.1 Å². The number of alkyl halides is 3. The van der Waals surface area contributed by atoms with E-state index in [0.717, 1.165) is 24.1 Å². The van der Waals surface area contributed by atoms with Gasteiger partial charge < -0.3 is 4.79 Å². The summed E-state index contributed by atoms with van der Waals surface area (Å²) < 4.78 is 37.9. The minimum Gasteiger partial charge on any atom is -0.303 e. The first-order valence-corrected chi connectivity index (χ1v) is 6.07. The monoisotopic (exact) mass is 279 g/mol. The average molecular weight is 279 g/mol. The molecule has 0 amide bonds. The molecule has 0 spiro atoms. The third kappa shape index (κ3) is 3.44. The molecule has 1 aromatic heterocycles. The molecule has 0 aliphatic carbocycles. The van der Waals surface area contributed by atoms with Crippen molar-refractivity contribution in [2.45, 2.75) is 19.0 Å². The fourth-order valence-electron chi connectivity index (χ4n) is 1.83. The second-order valence-electron chi connectivity index (χ2n) is 4.32. The number of pyridine rings is 1. The van der Waals surface area contributed by atoms with Gasteiger partial charge in [-0.2, -0.15) is 13.2 Å². The number of carbonyl (C=O) groups excluding carboxylic acids is 1. The van der Waals surface area contributed by atoms with Gasteiger partial charge in [0.05, 0.1) is 5.56 Å². The summed E-state index contributed by atoms with van der Waals surface area (Å²) in [6.07, 6.45) is -1.10. The summed E-state index contributed by atoms with van der Waals surface area (Å²) in [4.78, 5) is 14.4. The van der Waals surface area contributed by atoms with Gasteiger partial charge >= 0.3 is 6.18 Å². The Morgan fingerprint density at radius 2 is 1.90 bits per heavy atom. The zero-order chi connectivity index (χ0) is 14.6. The number of rotatable bonds is 4. The van der Waals surface area contributed by atoms with Gasteiger partial charge in [0, 0.05) is 23.9 Å². The summed E-state index contributed by atoms with van der Waals surface area (Å²) in [6, 6.07) is 8.55. The van der Waals surface area contributed by atoms with Crippen LogP contribution in [0.1, 0.15) is 17.7 Å². The smallest absolute Gasteiger partial charge is 0.303 e. The molecular formula is C15H12F3NO. The van der Waals surface area contributed by atoms with Crippen LogP contribution in [0.15, 0.2) is 42.6 Å². The van der Waals surface area contributed by atoms with Crippen molar-refractivity contribution in [1.82, 2.24) is 4.98 Å². The van der Waals surface area contributed by atoms with Crippen molar-refractivity contribution < 1.29 is 18.0 Å². The Labute approximate surface area is 114 Å². The van der Waals surface area contributed by atoms with Gasteiger partial charge in [0.15, 0.2) is 0 Å². The molecule has 104 valence electrons.